The van der Waals surface area contributed by atoms with Gasteiger partial charge < -0.3 is 18.9 Å². The molecule has 0 aliphatic rings. The molecule has 6 nitrogen and oxygen atoms in total. The van der Waals surface area contributed by atoms with Crippen molar-refractivity contribution in [3.8, 4) is 11.5 Å². The van der Waals surface area contributed by atoms with Crippen molar-refractivity contribution in [1.29, 1.82) is 0 Å². The predicted molar refractivity (Wildman–Crippen MR) is 86.2 cm³/mol. The number of halogens is 8. The Morgan fingerprint density at radius 3 is 1.00 bits per heavy atom. The summed E-state index contributed by atoms with van der Waals surface area (Å²) in [5.41, 5.74) is -3.35. The quantitative estimate of drug-likeness (QED) is 0.263. The fraction of sp³-hybridized carbons (Fsp3) is 0.222. The fourth-order valence-electron chi connectivity index (χ4n) is 2.33. The molecule has 0 aromatic heterocycles. The zero-order valence-electron chi connectivity index (χ0n) is 15.9. The maximum Gasteiger partial charge on any atom is 0.344 e. The zero-order valence-corrected chi connectivity index (χ0v) is 15.9. The minimum absolute atomic E-state index is 0.695. The minimum Gasteiger partial charge on any atom is -0.484 e. The van der Waals surface area contributed by atoms with E-state index in [2.05, 4.69) is 18.9 Å². The van der Waals surface area contributed by atoms with Crippen molar-refractivity contribution in [3.63, 3.8) is 0 Å². The Kier molecular flexibility index (Phi) is 7.48. The Morgan fingerprint density at radius 2 is 0.781 bits per heavy atom. The lowest BCUT2D eigenvalue weighted by Crippen LogP contribution is -2.18. The van der Waals surface area contributed by atoms with Crippen LogP contribution in [0, 0.1) is 46.5 Å². The zero-order chi connectivity index (χ0) is 24.3. The molecular formula is C18H10F8O6. The van der Waals surface area contributed by atoms with E-state index in [0.29, 0.717) is 14.2 Å². The van der Waals surface area contributed by atoms with Gasteiger partial charge in [-0.3, -0.25) is 0 Å². The molecule has 2 aromatic carbocycles. The number of hydrogen-bond donors (Lipinski definition) is 0. The number of carbonyl (C=O) groups is 2. The molecule has 0 radical (unpaired) electrons. The SMILES string of the molecule is COC(=O)c1c(F)c(F)c(OCCOc2c(F)c(F)c(C(=O)OC)c(F)c2F)c(F)c1F. The van der Waals surface area contributed by atoms with Crippen molar-refractivity contribution in [1.82, 2.24) is 0 Å². The maximum absolute atomic E-state index is 13.9. The molecule has 0 amide bonds. The summed E-state index contributed by atoms with van der Waals surface area (Å²) < 4.78 is 128. The Morgan fingerprint density at radius 1 is 0.531 bits per heavy atom. The summed E-state index contributed by atoms with van der Waals surface area (Å²) in [5.74, 6) is -23.9. The van der Waals surface area contributed by atoms with Gasteiger partial charge in [-0.1, -0.05) is 0 Å². The highest BCUT2D eigenvalue weighted by molar-refractivity contribution is 5.90. The van der Waals surface area contributed by atoms with Crippen LogP contribution in [0.5, 0.6) is 11.5 Å². The summed E-state index contributed by atoms with van der Waals surface area (Å²) in [6.45, 7) is -2.10. The van der Waals surface area contributed by atoms with E-state index in [1.807, 2.05) is 0 Å². The van der Waals surface area contributed by atoms with Gasteiger partial charge in [0, 0.05) is 0 Å². The summed E-state index contributed by atoms with van der Waals surface area (Å²) in [5, 5.41) is 0. The molecule has 0 aliphatic heterocycles. The third kappa shape index (κ3) is 4.24. The smallest absolute Gasteiger partial charge is 0.344 e. The van der Waals surface area contributed by atoms with Crippen LogP contribution in [-0.4, -0.2) is 39.4 Å². The highest BCUT2D eigenvalue weighted by atomic mass is 19.2. The van der Waals surface area contributed by atoms with Crippen LogP contribution in [0.15, 0.2) is 0 Å². The van der Waals surface area contributed by atoms with Gasteiger partial charge in [-0.15, -0.1) is 0 Å². The molecule has 0 aliphatic carbocycles. The van der Waals surface area contributed by atoms with E-state index >= 15 is 0 Å². The standard InChI is InChI=1S/C18H10F8O6/c1-29-17(27)5-7(19)11(23)15(12(24)8(5)20)31-3-4-32-16-13(25)9(21)6(18(28)30-2)10(22)14(16)26/h3-4H2,1-2H3. The van der Waals surface area contributed by atoms with Crippen LogP contribution in [0.3, 0.4) is 0 Å². The van der Waals surface area contributed by atoms with Crippen molar-refractivity contribution >= 4 is 11.9 Å². The van der Waals surface area contributed by atoms with E-state index in [9.17, 15) is 44.7 Å². The highest BCUT2D eigenvalue weighted by Crippen LogP contribution is 2.32. The van der Waals surface area contributed by atoms with Gasteiger partial charge in [-0.05, 0) is 0 Å². The van der Waals surface area contributed by atoms with Crippen LogP contribution in [0.1, 0.15) is 20.7 Å². The Bertz CT molecular complexity index is 945. The molecule has 0 unspecified atom stereocenters. The van der Waals surface area contributed by atoms with E-state index < -0.39 is 94.3 Å². The molecule has 2 aromatic rings. The van der Waals surface area contributed by atoms with Crippen LogP contribution in [0.4, 0.5) is 35.1 Å². The van der Waals surface area contributed by atoms with Crippen LogP contribution in [-0.2, 0) is 9.47 Å². The number of carbonyl (C=O) groups excluding carboxylic acids is 2. The number of benzene rings is 2. The Balaban J connectivity index is 2.23. The third-order valence-corrected chi connectivity index (χ3v) is 3.80. The van der Waals surface area contributed by atoms with Crippen molar-refractivity contribution in [2.24, 2.45) is 0 Å². The van der Waals surface area contributed by atoms with Crippen molar-refractivity contribution < 1.29 is 63.7 Å². The molecule has 0 saturated heterocycles. The monoisotopic (exact) mass is 474 g/mol. The second-order valence-electron chi connectivity index (χ2n) is 5.60. The van der Waals surface area contributed by atoms with E-state index in [1.165, 1.54) is 0 Å². The predicted octanol–water partition coefficient (Wildman–Crippen LogP) is 3.83. The average molecular weight is 474 g/mol. The largest absolute Gasteiger partial charge is 0.484 e. The first-order valence-corrected chi connectivity index (χ1v) is 8.13. The lowest BCUT2D eigenvalue weighted by atomic mass is 10.1. The molecule has 0 saturated carbocycles. The van der Waals surface area contributed by atoms with Gasteiger partial charge in [0.15, 0.2) is 34.8 Å². The van der Waals surface area contributed by atoms with Gasteiger partial charge in [-0.2, -0.15) is 17.6 Å². The van der Waals surface area contributed by atoms with E-state index in [1.54, 1.807) is 0 Å². The van der Waals surface area contributed by atoms with Gasteiger partial charge in [0.05, 0.1) is 14.2 Å². The summed E-state index contributed by atoms with van der Waals surface area (Å²) in [7, 11) is 1.39. The minimum atomic E-state index is -2.15. The molecule has 32 heavy (non-hydrogen) atoms. The van der Waals surface area contributed by atoms with E-state index in [4.69, 9.17) is 0 Å². The van der Waals surface area contributed by atoms with Gasteiger partial charge in [0.1, 0.15) is 24.3 Å². The van der Waals surface area contributed by atoms with Crippen LogP contribution >= 0.6 is 0 Å². The lowest BCUT2D eigenvalue weighted by Gasteiger charge is -2.14. The van der Waals surface area contributed by atoms with Gasteiger partial charge >= 0.3 is 11.9 Å². The van der Waals surface area contributed by atoms with Crippen molar-refractivity contribution in [2.75, 3.05) is 27.4 Å². The molecule has 2 rings (SSSR count). The molecule has 0 fully saturated rings. The highest BCUT2D eigenvalue weighted by Gasteiger charge is 2.32. The lowest BCUT2D eigenvalue weighted by molar-refractivity contribution is 0.0576. The summed E-state index contributed by atoms with van der Waals surface area (Å²) in [6.07, 6.45) is 0. The first kappa shape index (κ1) is 24.7. The van der Waals surface area contributed by atoms with Crippen LogP contribution in [0.25, 0.3) is 0 Å². The Hall–Kier alpha value is -3.58. The fourth-order valence-corrected chi connectivity index (χ4v) is 2.33. The maximum atomic E-state index is 13.9. The molecule has 0 heterocycles. The van der Waals surface area contributed by atoms with E-state index in [0.717, 1.165) is 0 Å². The number of esters is 2. The average Bonchev–Trinajstić information content (AvgIpc) is 2.77. The Labute approximate surface area is 173 Å². The number of hydrogen-bond acceptors (Lipinski definition) is 6. The molecular weight excluding hydrogens is 464 g/mol. The molecule has 0 spiro atoms. The van der Waals surface area contributed by atoms with Crippen molar-refractivity contribution in [2.45, 2.75) is 0 Å². The first-order valence-electron chi connectivity index (χ1n) is 8.13. The molecule has 0 N–H and O–H groups in total. The summed E-state index contributed by atoms with van der Waals surface area (Å²) in [4.78, 5) is 22.5. The molecule has 0 bridgehead atoms. The molecule has 14 heteroatoms. The topological polar surface area (TPSA) is 71.1 Å². The van der Waals surface area contributed by atoms with Gasteiger partial charge in [0.25, 0.3) is 0 Å². The summed E-state index contributed by atoms with van der Waals surface area (Å²) >= 11 is 0. The summed E-state index contributed by atoms with van der Waals surface area (Å²) in [6, 6.07) is 0. The third-order valence-electron chi connectivity index (χ3n) is 3.80. The first-order chi connectivity index (χ1) is 15.0. The second kappa shape index (κ2) is 9.70. The number of ether oxygens (including phenoxy) is 4. The number of methoxy groups -OCH3 is 2. The molecule has 0 atom stereocenters. The number of rotatable bonds is 7. The van der Waals surface area contributed by atoms with Gasteiger partial charge in [-0.25, -0.2) is 27.2 Å². The second-order valence-corrected chi connectivity index (χ2v) is 5.60. The van der Waals surface area contributed by atoms with Crippen LogP contribution < -0.4 is 9.47 Å². The van der Waals surface area contributed by atoms with Crippen LogP contribution in [0.2, 0.25) is 0 Å². The molecule has 174 valence electrons. The van der Waals surface area contributed by atoms with Crippen molar-refractivity contribution in [3.05, 3.63) is 57.7 Å². The van der Waals surface area contributed by atoms with Gasteiger partial charge in [0.2, 0.25) is 23.3 Å². The van der Waals surface area contributed by atoms with E-state index in [-0.39, 0.29) is 0 Å². The normalized spacial score (nSPS) is 10.7.